The largest absolute Gasteiger partial charge is 0.443 e. The van der Waals surface area contributed by atoms with Gasteiger partial charge in [0.05, 0.1) is 11.3 Å². The minimum atomic E-state index is -0.532. The first-order chi connectivity index (χ1) is 7.22. The topological polar surface area (TPSA) is 26.0 Å². The van der Waals surface area contributed by atoms with Crippen molar-refractivity contribution in [3.63, 3.8) is 0 Å². The van der Waals surface area contributed by atoms with Crippen molar-refractivity contribution in [3.8, 4) is 11.3 Å². The van der Waals surface area contributed by atoms with E-state index < -0.39 is 11.6 Å². The molecule has 78 valence electrons. The number of oxazole rings is 1. The average molecular weight is 274 g/mol. The maximum absolute atomic E-state index is 13.4. The number of aromatic nitrogens is 1. The van der Waals surface area contributed by atoms with Crippen LogP contribution < -0.4 is 0 Å². The third kappa shape index (κ3) is 1.92. The fourth-order valence-electron chi connectivity index (χ4n) is 1.25. The smallest absolute Gasteiger partial charge is 0.181 e. The standard InChI is InChI=1S/C10H6BrF2NO/c11-4-9-10(15-5-14-9)7-3-6(12)1-2-8(7)13/h1-3,5H,4H2. The highest BCUT2D eigenvalue weighted by Crippen LogP contribution is 2.27. The third-order valence-corrected chi connectivity index (χ3v) is 2.47. The lowest BCUT2D eigenvalue weighted by Crippen LogP contribution is -1.88. The highest BCUT2D eigenvalue weighted by Gasteiger charge is 2.14. The molecule has 0 atom stereocenters. The summed E-state index contributed by atoms with van der Waals surface area (Å²) in [6.07, 6.45) is 1.20. The maximum atomic E-state index is 13.4. The Morgan fingerprint density at radius 3 is 2.87 bits per heavy atom. The lowest BCUT2D eigenvalue weighted by molar-refractivity contribution is 0.556. The summed E-state index contributed by atoms with van der Waals surface area (Å²) in [5.41, 5.74) is 0.626. The molecule has 0 aliphatic rings. The zero-order valence-corrected chi connectivity index (χ0v) is 9.09. The summed E-state index contributed by atoms with van der Waals surface area (Å²) in [5, 5.41) is 0.425. The zero-order valence-electron chi connectivity index (χ0n) is 7.51. The second-order valence-electron chi connectivity index (χ2n) is 2.89. The monoisotopic (exact) mass is 273 g/mol. The van der Waals surface area contributed by atoms with Crippen molar-refractivity contribution < 1.29 is 13.2 Å². The van der Waals surface area contributed by atoms with Crippen LogP contribution in [-0.2, 0) is 5.33 Å². The molecule has 2 rings (SSSR count). The first-order valence-corrected chi connectivity index (χ1v) is 5.28. The van der Waals surface area contributed by atoms with Gasteiger partial charge in [-0.05, 0) is 18.2 Å². The van der Waals surface area contributed by atoms with Gasteiger partial charge in [-0.2, -0.15) is 0 Å². The Bertz CT molecular complexity index is 484. The molecule has 0 aliphatic heterocycles. The Labute approximate surface area is 93.1 Å². The number of hydrogen-bond acceptors (Lipinski definition) is 2. The predicted octanol–water partition coefficient (Wildman–Crippen LogP) is 3.51. The van der Waals surface area contributed by atoms with Crippen molar-refractivity contribution >= 4 is 15.9 Å². The summed E-state index contributed by atoms with van der Waals surface area (Å²) in [6.45, 7) is 0. The molecule has 0 radical (unpaired) electrons. The van der Waals surface area contributed by atoms with E-state index in [0.29, 0.717) is 11.0 Å². The van der Waals surface area contributed by atoms with Gasteiger partial charge < -0.3 is 4.42 Å². The van der Waals surface area contributed by atoms with Crippen LogP contribution in [0.5, 0.6) is 0 Å². The van der Waals surface area contributed by atoms with E-state index >= 15 is 0 Å². The van der Waals surface area contributed by atoms with Crippen LogP contribution in [0.15, 0.2) is 29.0 Å². The quantitative estimate of drug-likeness (QED) is 0.783. The molecular formula is C10H6BrF2NO. The lowest BCUT2D eigenvalue weighted by atomic mass is 10.1. The summed E-state index contributed by atoms with van der Waals surface area (Å²) in [4.78, 5) is 3.88. The van der Waals surface area contributed by atoms with Crippen LogP contribution in [0, 0.1) is 11.6 Å². The lowest BCUT2D eigenvalue weighted by Gasteiger charge is -2.00. The molecule has 2 nitrogen and oxygen atoms in total. The Balaban J connectivity index is 2.58. The fourth-order valence-corrected chi connectivity index (χ4v) is 1.65. The molecule has 0 fully saturated rings. The van der Waals surface area contributed by atoms with Crippen LogP contribution in [0.2, 0.25) is 0 Å². The van der Waals surface area contributed by atoms with Gasteiger partial charge in [0.25, 0.3) is 0 Å². The molecule has 2 aromatic rings. The van der Waals surface area contributed by atoms with Gasteiger partial charge in [0.1, 0.15) is 11.6 Å². The fraction of sp³-hybridized carbons (Fsp3) is 0.100. The van der Waals surface area contributed by atoms with E-state index in [-0.39, 0.29) is 11.3 Å². The minimum absolute atomic E-state index is 0.0851. The summed E-state index contributed by atoms with van der Waals surface area (Å²) >= 11 is 3.19. The molecule has 0 saturated heterocycles. The van der Waals surface area contributed by atoms with Crippen LogP contribution in [-0.4, -0.2) is 4.98 Å². The summed E-state index contributed by atoms with van der Waals surface area (Å²) in [6, 6.07) is 3.20. The third-order valence-electron chi connectivity index (χ3n) is 1.94. The molecule has 15 heavy (non-hydrogen) atoms. The maximum Gasteiger partial charge on any atom is 0.181 e. The van der Waals surface area contributed by atoms with E-state index in [9.17, 15) is 8.78 Å². The number of alkyl halides is 1. The van der Waals surface area contributed by atoms with Crippen LogP contribution >= 0.6 is 15.9 Å². The number of hydrogen-bond donors (Lipinski definition) is 0. The Morgan fingerprint density at radius 1 is 1.33 bits per heavy atom. The van der Waals surface area contributed by atoms with Gasteiger partial charge in [-0.1, -0.05) is 15.9 Å². The second-order valence-corrected chi connectivity index (χ2v) is 3.45. The van der Waals surface area contributed by atoms with Crippen LogP contribution in [0.3, 0.4) is 0 Å². The molecule has 0 spiro atoms. The van der Waals surface area contributed by atoms with E-state index in [0.717, 1.165) is 18.2 Å². The summed E-state index contributed by atoms with van der Waals surface area (Å²) in [5.74, 6) is -0.789. The van der Waals surface area contributed by atoms with Crippen LogP contribution in [0.4, 0.5) is 8.78 Å². The van der Waals surface area contributed by atoms with E-state index in [1.165, 1.54) is 6.39 Å². The molecule has 0 unspecified atom stereocenters. The molecular weight excluding hydrogens is 268 g/mol. The molecule has 0 aliphatic carbocycles. The van der Waals surface area contributed by atoms with Gasteiger partial charge in [0.15, 0.2) is 12.2 Å². The van der Waals surface area contributed by atoms with E-state index in [1.54, 1.807) is 0 Å². The van der Waals surface area contributed by atoms with Gasteiger partial charge >= 0.3 is 0 Å². The van der Waals surface area contributed by atoms with E-state index in [1.807, 2.05) is 0 Å². The molecule has 1 aromatic heterocycles. The molecule has 1 aromatic carbocycles. The average Bonchev–Trinajstić information content (AvgIpc) is 2.69. The molecule has 0 N–H and O–H groups in total. The summed E-state index contributed by atoms with van der Waals surface area (Å²) in [7, 11) is 0. The minimum Gasteiger partial charge on any atom is -0.443 e. The molecule has 0 bridgehead atoms. The molecule has 1 heterocycles. The van der Waals surface area contributed by atoms with Gasteiger partial charge in [-0.3, -0.25) is 0 Å². The summed E-state index contributed by atoms with van der Waals surface area (Å²) < 4.78 is 31.3. The van der Waals surface area contributed by atoms with Crippen molar-refractivity contribution in [1.29, 1.82) is 0 Å². The van der Waals surface area contributed by atoms with Gasteiger partial charge in [-0.25, -0.2) is 13.8 Å². The Morgan fingerprint density at radius 2 is 2.13 bits per heavy atom. The van der Waals surface area contributed by atoms with Crippen molar-refractivity contribution in [1.82, 2.24) is 4.98 Å². The van der Waals surface area contributed by atoms with Crippen molar-refractivity contribution in [2.75, 3.05) is 0 Å². The van der Waals surface area contributed by atoms with Crippen LogP contribution in [0.1, 0.15) is 5.69 Å². The number of halogens is 3. The second kappa shape index (κ2) is 4.10. The van der Waals surface area contributed by atoms with Crippen LogP contribution in [0.25, 0.3) is 11.3 Å². The predicted molar refractivity (Wildman–Crippen MR) is 54.5 cm³/mol. The number of nitrogens with zero attached hydrogens (tertiary/aromatic N) is 1. The molecule has 5 heteroatoms. The molecule has 0 saturated carbocycles. The normalized spacial score (nSPS) is 10.6. The van der Waals surface area contributed by atoms with E-state index in [2.05, 4.69) is 20.9 Å². The van der Waals surface area contributed by atoms with Gasteiger partial charge in [0.2, 0.25) is 0 Å². The van der Waals surface area contributed by atoms with Crippen molar-refractivity contribution in [2.24, 2.45) is 0 Å². The number of rotatable bonds is 2. The first kappa shape index (κ1) is 10.3. The number of benzene rings is 1. The Kier molecular flexibility index (Phi) is 2.81. The zero-order chi connectivity index (χ0) is 10.8. The highest BCUT2D eigenvalue weighted by atomic mass is 79.9. The SMILES string of the molecule is Fc1ccc(F)c(-c2ocnc2CBr)c1. The molecule has 0 amide bonds. The van der Waals surface area contributed by atoms with Gasteiger partial charge in [0, 0.05) is 5.33 Å². The van der Waals surface area contributed by atoms with Gasteiger partial charge in [-0.15, -0.1) is 0 Å². The van der Waals surface area contributed by atoms with Crippen molar-refractivity contribution in [3.05, 3.63) is 41.9 Å². The highest BCUT2D eigenvalue weighted by molar-refractivity contribution is 9.08. The Hall–Kier alpha value is -1.23. The first-order valence-electron chi connectivity index (χ1n) is 4.16. The van der Waals surface area contributed by atoms with E-state index in [4.69, 9.17) is 4.42 Å². The van der Waals surface area contributed by atoms with Crippen molar-refractivity contribution in [2.45, 2.75) is 5.33 Å².